The number of hydrogen-bond acceptors (Lipinski definition) is 6. The van der Waals surface area contributed by atoms with E-state index >= 15 is 0 Å². The molecule has 1 fully saturated rings. The van der Waals surface area contributed by atoms with Gasteiger partial charge in [-0.1, -0.05) is 42.0 Å². The lowest BCUT2D eigenvalue weighted by Gasteiger charge is -2.25. The van der Waals surface area contributed by atoms with E-state index in [4.69, 9.17) is 21.4 Å². The molecule has 8 nitrogen and oxygen atoms in total. The predicted octanol–water partition coefficient (Wildman–Crippen LogP) is 5.44. The summed E-state index contributed by atoms with van der Waals surface area (Å²) >= 11 is 5.71. The summed E-state index contributed by atoms with van der Waals surface area (Å²) in [6, 6.07) is 23.5. The second-order valence-electron chi connectivity index (χ2n) is 9.22. The average molecular weight is 541 g/mol. The maximum absolute atomic E-state index is 12.8. The van der Waals surface area contributed by atoms with Crippen LogP contribution >= 0.6 is 12.2 Å². The Balaban J connectivity index is 1.42. The molecule has 1 saturated heterocycles. The van der Waals surface area contributed by atoms with Gasteiger partial charge in [0.05, 0.1) is 24.4 Å². The van der Waals surface area contributed by atoms with Crippen LogP contribution in [0.4, 0.5) is 5.69 Å². The molecule has 5 rings (SSSR count). The van der Waals surface area contributed by atoms with Crippen LogP contribution in [0.2, 0.25) is 0 Å². The van der Waals surface area contributed by atoms with E-state index < -0.39 is 5.97 Å². The van der Waals surface area contributed by atoms with Crippen molar-refractivity contribution in [1.82, 2.24) is 15.2 Å². The number of esters is 1. The highest BCUT2D eigenvalue weighted by Crippen LogP contribution is 2.41. The summed E-state index contributed by atoms with van der Waals surface area (Å²) in [5.74, 6) is 0.598. The van der Waals surface area contributed by atoms with Gasteiger partial charge in [0.25, 0.3) is 0 Å². The molecule has 3 heterocycles. The molecule has 2 N–H and O–H groups in total. The molecule has 4 aromatic rings. The first-order valence-electron chi connectivity index (χ1n) is 12.6. The fraction of sp³-hybridized carbons (Fsp3) is 0.200. The first-order chi connectivity index (χ1) is 18.9. The summed E-state index contributed by atoms with van der Waals surface area (Å²) in [6.07, 6.45) is 1.95. The molecule has 198 valence electrons. The summed E-state index contributed by atoms with van der Waals surface area (Å²) in [4.78, 5) is 31.6. The van der Waals surface area contributed by atoms with Gasteiger partial charge >= 0.3 is 5.97 Å². The fourth-order valence-corrected chi connectivity index (χ4v) is 5.01. The van der Waals surface area contributed by atoms with Crippen molar-refractivity contribution < 1.29 is 18.7 Å². The molecule has 0 radical (unpaired) electrons. The minimum absolute atomic E-state index is 0.117. The molecule has 2 atom stereocenters. The van der Waals surface area contributed by atoms with Crippen molar-refractivity contribution in [3.63, 3.8) is 0 Å². The number of nitrogens with zero attached hydrogens (tertiary/aromatic N) is 2. The Morgan fingerprint density at radius 3 is 2.56 bits per heavy atom. The number of aromatic nitrogens is 1. The zero-order valence-corrected chi connectivity index (χ0v) is 22.4. The second kappa shape index (κ2) is 11.5. The van der Waals surface area contributed by atoms with Gasteiger partial charge in [-0.15, -0.1) is 0 Å². The SMILES string of the molecule is COC(=O)c1ccccc1-c1ccc([C@H]2[C@H](c3ccccn3)NC(=S)N2CCC(=O)Nc2ccc(C)cc2)o1. The normalized spacial score (nSPS) is 16.6. The van der Waals surface area contributed by atoms with Crippen LogP contribution in [-0.4, -0.2) is 40.5 Å². The van der Waals surface area contributed by atoms with Gasteiger partial charge < -0.3 is 24.7 Å². The number of aryl methyl sites for hydroxylation is 1. The molecular formula is C30H28N4O4S. The van der Waals surface area contributed by atoms with Crippen molar-refractivity contribution >= 4 is 34.9 Å². The highest BCUT2D eigenvalue weighted by Gasteiger charge is 2.41. The van der Waals surface area contributed by atoms with Crippen LogP contribution in [0.15, 0.2) is 89.5 Å². The number of ether oxygens (including phenoxy) is 1. The third kappa shape index (κ3) is 5.68. The highest BCUT2D eigenvalue weighted by atomic mass is 32.1. The quantitative estimate of drug-likeness (QED) is 0.225. The fourth-order valence-electron chi connectivity index (χ4n) is 4.68. The van der Waals surface area contributed by atoms with Crippen LogP contribution in [-0.2, 0) is 9.53 Å². The van der Waals surface area contributed by atoms with E-state index in [2.05, 4.69) is 15.6 Å². The van der Waals surface area contributed by atoms with Gasteiger partial charge in [-0.05, 0) is 61.6 Å². The Morgan fingerprint density at radius 2 is 1.82 bits per heavy atom. The first-order valence-corrected chi connectivity index (χ1v) is 13.0. The number of amides is 1. The molecule has 0 unspecified atom stereocenters. The third-order valence-corrected chi connectivity index (χ3v) is 6.98. The van der Waals surface area contributed by atoms with Crippen molar-refractivity contribution in [2.24, 2.45) is 0 Å². The van der Waals surface area contributed by atoms with Crippen molar-refractivity contribution in [3.05, 3.63) is 108 Å². The van der Waals surface area contributed by atoms with E-state index in [0.717, 1.165) is 16.9 Å². The van der Waals surface area contributed by atoms with Crippen LogP contribution in [0, 0.1) is 6.92 Å². The van der Waals surface area contributed by atoms with Gasteiger partial charge in [0.1, 0.15) is 17.6 Å². The Bertz CT molecular complexity index is 1490. The standard InChI is InChI=1S/C30H28N4O4S/c1-19-10-12-20(13-11-19)32-26(35)16-18-34-28(27(33-30(34)39)23-9-5-6-17-31-23)25-15-14-24(38-25)21-7-3-4-8-22(21)29(36)37-2/h3-15,17,27-28H,16,18H2,1-2H3,(H,32,35)(H,33,39)/t27-,28-/m0/s1. The summed E-state index contributed by atoms with van der Waals surface area (Å²) < 4.78 is 11.3. The van der Waals surface area contributed by atoms with E-state index in [-0.39, 0.29) is 24.4 Å². The average Bonchev–Trinajstić information content (AvgIpc) is 3.57. The van der Waals surface area contributed by atoms with E-state index in [9.17, 15) is 9.59 Å². The lowest BCUT2D eigenvalue weighted by Crippen LogP contribution is -2.32. The smallest absolute Gasteiger partial charge is 0.338 e. The molecule has 0 bridgehead atoms. The van der Waals surface area contributed by atoms with Crippen LogP contribution in [0.25, 0.3) is 11.3 Å². The zero-order chi connectivity index (χ0) is 27.4. The topological polar surface area (TPSA) is 96.7 Å². The van der Waals surface area contributed by atoms with Crippen LogP contribution < -0.4 is 10.6 Å². The predicted molar refractivity (Wildman–Crippen MR) is 152 cm³/mol. The Labute approximate surface area is 232 Å². The maximum atomic E-state index is 12.8. The molecular weight excluding hydrogens is 512 g/mol. The highest BCUT2D eigenvalue weighted by molar-refractivity contribution is 7.80. The van der Waals surface area contributed by atoms with E-state index in [0.29, 0.717) is 34.3 Å². The van der Waals surface area contributed by atoms with Gasteiger partial charge in [-0.25, -0.2) is 4.79 Å². The van der Waals surface area contributed by atoms with Gasteiger partial charge in [-0.2, -0.15) is 0 Å². The zero-order valence-electron chi connectivity index (χ0n) is 21.6. The van der Waals surface area contributed by atoms with Crippen LogP contribution in [0.5, 0.6) is 0 Å². The Kier molecular flexibility index (Phi) is 7.69. The van der Waals surface area contributed by atoms with Gasteiger partial charge in [0.15, 0.2) is 5.11 Å². The van der Waals surface area contributed by atoms with Crippen molar-refractivity contribution in [2.75, 3.05) is 19.0 Å². The minimum Gasteiger partial charge on any atom is -0.465 e. The number of hydrogen-bond donors (Lipinski definition) is 2. The van der Waals surface area contributed by atoms with Crippen molar-refractivity contribution in [2.45, 2.75) is 25.4 Å². The molecule has 1 aliphatic heterocycles. The monoisotopic (exact) mass is 540 g/mol. The van der Waals surface area contributed by atoms with E-state index in [1.165, 1.54) is 7.11 Å². The molecule has 39 heavy (non-hydrogen) atoms. The molecule has 1 aliphatic rings. The minimum atomic E-state index is -0.445. The molecule has 2 aromatic heterocycles. The molecule has 0 saturated carbocycles. The van der Waals surface area contributed by atoms with Gasteiger partial charge in [-0.3, -0.25) is 9.78 Å². The number of thiocarbonyl (C=S) groups is 1. The van der Waals surface area contributed by atoms with Crippen LogP contribution in [0.1, 0.15) is 45.9 Å². The summed E-state index contributed by atoms with van der Waals surface area (Å²) in [5.41, 5.74) is 3.70. The molecule has 0 spiro atoms. The third-order valence-electron chi connectivity index (χ3n) is 6.63. The number of anilines is 1. The summed E-state index contributed by atoms with van der Waals surface area (Å²) in [6.45, 7) is 2.37. The number of pyridine rings is 1. The Morgan fingerprint density at radius 1 is 1.05 bits per heavy atom. The lowest BCUT2D eigenvalue weighted by molar-refractivity contribution is -0.116. The number of carbonyl (C=O) groups excluding carboxylic acids is 2. The summed E-state index contributed by atoms with van der Waals surface area (Å²) in [5, 5.41) is 6.82. The number of carbonyl (C=O) groups is 2. The summed E-state index contributed by atoms with van der Waals surface area (Å²) in [7, 11) is 1.35. The van der Waals surface area contributed by atoms with E-state index in [1.807, 2.05) is 78.6 Å². The lowest BCUT2D eigenvalue weighted by atomic mass is 10.0. The van der Waals surface area contributed by atoms with Crippen molar-refractivity contribution in [1.29, 1.82) is 0 Å². The molecule has 0 aliphatic carbocycles. The maximum Gasteiger partial charge on any atom is 0.338 e. The first kappa shape index (κ1) is 26.1. The second-order valence-corrected chi connectivity index (χ2v) is 9.61. The molecule has 2 aromatic carbocycles. The van der Waals surface area contributed by atoms with Crippen LogP contribution in [0.3, 0.4) is 0 Å². The van der Waals surface area contributed by atoms with Gasteiger partial charge in [0.2, 0.25) is 5.91 Å². The van der Waals surface area contributed by atoms with Gasteiger partial charge in [0, 0.05) is 30.4 Å². The number of nitrogens with one attached hydrogen (secondary N) is 2. The largest absolute Gasteiger partial charge is 0.465 e. The van der Waals surface area contributed by atoms with E-state index in [1.54, 1.807) is 18.3 Å². The number of benzene rings is 2. The molecule has 9 heteroatoms. The molecule has 1 amide bonds. The number of furan rings is 1. The Hall–Kier alpha value is -4.50. The number of methoxy groups -OCH3 is 1. The number of rotatable bonds is 8. The van der Waals surface area contributed by atoms with Crippen molar-refractivity contribution in [3.8, 4) is 11.3 Å².